The standard InChI is InChI=1S/C5H10NO/c1-2-3-4-5(6)7/h1-4H2,(H2,6,7). The monoisotopic (exact) mass is 100 g/mol. The van der Waals surface area contributed by atoms with Crippen LogP contribution in [0.15, 0.2) is 0 Å². The molecule has 0 aliphatic rings. The fraction of sp³-hybridized carbons (Fsp3) is 0.600. The average molecular weight is 100 g/mol. The number of hydrogen-bond acceptors (Lipinski definition) is 1. The summed E-state index contributed by atoms with van der Waals surface area (Å²) < 4.78 is 0. The van der Waals surface area contributed by atoms with Gasteiger partial charge in [0.05, 0.1) is 0 Å². The number of carbonyl (C=O) groups excluding carboxylic acids is 1. The first-order valence-corrected chi connectivity index (χ1v) is 2.35. The minimum Gasteiger partial charge on any atom is -0.370 e. The Morgan fingerprint density at radius 1 is 1.71 bits per heavy atom. The predicted octanol–water partition coefficient (Wildman–Crippen LogP) is 0.476. The average Bonchev–Trinajstić information content (AvgIpc) is 1.61. The molecule has 0 fully saturated rings. The van der Waals surface area contributed by atoms with Gasteiger partial charge in [-0.2, -0.15) is 0 Å². The second-order valence-corrected chi connectivity index (χ2v) is 1.42. The van der Waals surface area contributed by atoms with Crippen molar-refractivity contribution < 1.29 is 4.79 Å². The van der Waals surface area contributed by atoms with E-state index in [2.05, 4.69) is 6.92 Å². The zero-order chi connectivity index (χ0) is 5.70. The molecular formula is C5H10NO. The molecule has 0 aromatic carbocycles. The summed E-state index contributed by atoms with van der Waals surface area (Å²) in [5.74, 6) is -0.233. The Labute approximate surface area is 43.7 Å². The molecule has 7 heavy (non-hydrogen) atoms. The van der Waals surface area contributed by atoms with E-state index in [4.69, 9.17) is 5.73 Å². The lowest BCUT2D eigenvalue weighted by Gasteiger charge is -1.86. The van der Waals surface area contributed by atoms with Crippen LogP contribution in [0.1, 0.15) is 19.3 Å². The first kappa shape index (κ1) is 6.47. The summed E-state index contributed by atoms with van der Waals surface area (Å²) in [6.45, 7) is 3.55. The molecule has 0 rings (SSSR count). The van der Waals surface area contributed by atoms with Gasteiger partial charge in [0.2, 0.25) is 5.91 Å². The number of primary amides is 1. The van der Waals surface area contributed by atoms with Gasteiger partial charge in [-0.1, -0.05) is 13.3 Å². The smallest absolute Gasteiger partial charge is 0.217 e. The maximum absolute atomic E-state index is 9.95. The SMILES string of the molecule is [CH2]CCCC(N)=O. The van der Waals surface area contributed by atoms with E-state index in [-0.39, 0.29) is 5.91 Å². The summed E-state index contributed by atoms with van der Waals surface area (Å²) in [4.78, 5) is 9.95. The molecular weight excluding hydrogens is 90.1 g/mol. The van der Waals surface area contributed by atoms with Crippen LogP contribution in [-0.4, -0.2) is 5.91 Å². The molecule has 0 saturated heterocycles. The van der Waals surface area contributed by atoms with Crippen molar-refractivity contribution in [2.24, 2.45) is 5.73 Å². The van der Waals surface area contributed by atoms with Gasteiger partial charge in [-0.25, -0.2) is 0 Å². The lowest BCUT2D eigenvalue weighted by Crippen LogP contribution is -2.09. The first-order valence-electron chi connectivity index (χ1n) is 2.35. The Morgan fingerprint density at radius 3 is 2.43 bits per heavy atom. The molecule has 0 heterocycles. The Hall–Kier alpha value is -0.530. The van der Waals surface area contributed by atoms with Crippen LogP contribution in [0.4, 0.5) is 0 Å². The van der Waals surface area contributed by atoms with E-state index in [0.717, 1.165) is 12.8 Å². The van der Waals surface area contributed by atoms with Crippen molar-refractivity contribution in [1.29, 1.82) is 0 Å². The number of hydrogen-bond donors (Lipinski definition) is 1. The molecule has 2 N–H and O–H groups in total. The van der Waals surface area contributed by atoms with Crippen molar-refractivity contribution in [3.63, 3.8) is 0 Å². The number of nitrogens with two attached hydrogens (primary N) is 1. The van der Waals surface area contributed by atoms with Gasteiger partial charge in [0, 0.05) is 6.42 Å². The van der Waals surface area contributed by atoms with Gasteiger partial charge in [-0.05, 0) is 6.42 Å². The number of unbranched alkanes of at least 4 members (excludes halogenated alkanes) is 1. The van der Waals surface area contributed by atoms with Gasteiger partial charge in [-0.15, -0.1) is 0 Å². The highest BCUT2D eigenvalue weighted by molar-refractivity contribution is 5.73. The molecule has 2 heteroatoms. The highest BCUT2D eigenvalue weighted by Gasteiger charge is 1.88. The summed E-state index contributed by atoms with van der Waals surface area (Å²) in [5.41, 5.74) is 4.81. The van der Waals surface area contributed by atoms with Crippen molar-refractivity contribution in [2.75, 3.05) is 0 Å². The predicted molar refractivity (Wildman–Crippen MR) is 28.4 cm³/mol. The van der Waals surface area contributed by atoms with E-state index in [1.807, 2.05) is 0 Å². The fourth-order valence-electron chi connectivity index (χ4n) is 0.299. The van der Waals surface area contributed by atoms with Gasteiger partial charge in [0.1, 0.15) is 0 Å². The summed E-state index contributed by atoms with van der Waals surface area (Å²) in [6, 6.07) is 0. The van der Waals surface area contributed by atoms with E-state index >= 15 is 0 Å². The van der Waals surface area contributed by atoms with Crippen LogP contribution >= 0.6 is 0 Å². The van der Waals surface area contributed by atoms with Crippen LogP contribution in [0.2, 0.25) is 0 Å². The third-order valence-electron chi connectivity index (χ3n) is 0.673. The zero-order valence-electron chi connectivity index (χ0n) is 4.31. The third-order valence-corrected chi connectivity index (χ3v) is 0.673. The van der Waals surface area contributed by atoms with Crippen LogP contribution < -0.4 is 5.73 Å². The Morgan fingerprint density at radius 2 is 2.29 bits per heavy atom. The van der Waals surface area contributed by atoms with Crippen molar-refractivity contribution >= 4 is 5.91 Å². The van der Waals surface area contributed by atoms with E-state index in [1.54, 1.807) is 0 Å². The number of rotatable bonds is 3. The Kier molecular flexibility index (Phi) is 3.38. The molecule has 0 unspecified atom stereocenters. The molecule has 41 valence electrons. The third kappa shape index (κ3) is 5.47. The minimum absolute atomic E-state index is 0.233. The van der Waals surface area contributed by atoms with Crippen LogP contribution in [0.3, 0.4) is 0 Å². The van der Waals surface area contributed by atoms with Crippen LogP contribution in [0.25, 0.3) is 0 Å². The van der Waals surface area contributed by atoms with Crippen molar-refractivity contribution in [3.8, 4) is 0 Å². The second kappa shape index (κ2) is 3.65. The van der Waals surface area contributed by atoms with Gasteiger partial charge >= 0.3 is 0 Å². The van der Waals surface area contributed by atoms with Gasteiger partial charge in [0.25, 0.3) is 0 Å². The maximum Gasteiger partial charge on any atom is 0.217 e. The van der Waals surface area contributed by atoms with Crippen LogP contribution in [0, 0.1) is 6.92 Å². The summed E-state index contributed by atoms with van der Waals surface area (Å²) in [5, 5.41) is 0. The molecule has 2 nitrogen and oxygen atoms in total. The van der Waals surface area contributed by atoms with Gasteiger partial charge < -0.3 is 5.73 Å². The van der Waals surface area contributed by atoms with Crippen molar-refractivity contribution in [1.82, 2.24) is 0 Å². The summed E-state index contributed by atoms with van der Waals surface area (Å²) >= 11 is 0. The Balaban J connectivity index is 2.82. The van der Waals surface area contributed by atoms with Crippen LogP contribution in [0.5, 0.6) is 0 Å². The largest absolute Gasteiger partial charge is 0.370 e. The van der Waals surface area contributed by atoms with E-state index < -0.39 is 0 Å². The molecule has 0 aliphatic heterocycles. The molecule has 0 atom stereocenters. The minimum atomic E-state index is -0.233. The summed E-state index contributed by atoms with van der Waals surface area (Å²) in [6.07, 6.45) is 2.09. The molecule has 0 bridgehead atoms. The molecule has 1 radical (unpaired) electrons. The second-order valence-electron chi connectivity index (χ2n) is 1.42. The molecule has 0 spiro atoms. The number of amides is 1. The van der Waals surface area contributed by atoms with E-state index in [0.29, 0.717) is 6.42 Å². The highest BCUT2D eigenvalue weighted by Crippen LogP contribution is 1.89. The molecule has 0 aromatic rings. The first-order chi connectivity index (χ1) is 3.27. The molecule has 0 aromatic heterocycles. The topological polar surface area (TPSA) is 43.1 Å². The summed E-state index contributed by atoms with van der Waals surface area (Å²) in [7, 11) is 0. The van der Waals surface area contributed by atoms with Gasteiger partial charge in [0.15, 0.2) is 0 Å². The lowest BCUT2D eigenvalue weighted by atomic mass is 10.2. The van der Waals surface area contributed by atoms with Crippen molar-refractivity contribution in [2.45, 2.75) is 19.3 Å². The molecule has 0 aliphatic carbocycles. The van der Waals surface area contributed by atoms with Crippen LogP contribution in [-0.2, 0) is 4.79 Å². The molecule has 0 saturated carbocycles. The fourth-order valence-corrected chi connectivity index (χ4v) is 0.299. The number of carbonyl (C=O) groups is 1. The maximum atomic E-state index is 9.95. The normalized spacial score (nSPS) is 8.71. The molecule has 1 amide bonds. The van der Waals surface area contributed by atoms with E-state index in [9.17, 15) is 4.79 Å². The quantitative estimate of drug-likeness (QED) is 0.550. The van der Waals surface area contributed by atoms with E-state index in [1.165, 1.54) is 0 Å². The van der Waals surface area contributed by atoms with Gasteiger partial charge in [-0.3, -0.25) is 4.79 Å². The zero-order valence-corrected chi connectivity index (χ0v) is 4.31. The van der Waals surface area contributed by atoms with Crippen molar-refractivity contribution in [3.05, 3.63) is 6.92 Å². The highest BCUT2D eigenvalue weighted by atomic mass is 16.1. The Bertz CT molecular complexity index is 61.1. The lowest BCUT2D eigenvalue weighted by molar-refractivity contribution is -0.118.